The van der Waals surface area contributed by atoms with Crippen molar-refractivity contribution in [3.05, 3.63) is 132 Å². The molecule has 0 amide bonds. The number of ether oxygens (including phenoxy) is 2. The second-order valence-corrected chi connectivity index (χ2v) is 8.61. The summed E-state index contributed by atoms with van der Waals surface area (Å²) in [6.07, 6.45) is 20.3. The number of benzene rings is 1. The van der Waals surface area contributed by atoms with Crippen molar-refractivity contribution in [3.8, 4) is 5.75 Å². The van der Waals surface area contributed by atoms with Crippen LogP contribution < -0.4 is 20.7 Å². The molecule has 1 aromatic rings. The molecule has 0 spiro atoms. The highest BCUT2D eigenvalue weighted by Gasteiger charge is 2.29. The lowest BCUT2D eigenvalue weighted by molar-refractivity contribution is -0.740. The molecule has 1 aliphatic carbocycles. The van der Waals surface area contributed by atoms with Crippen molar-refractivity contribution in [1.29, 1.82) is 0 Å². The van der Waals surface area contributed by atoms with Crippen molar-refractivity contribution in [2.45, 2.75) is 12.8 Å². The number of allylic oxidation sites excluding steroid dienone is 8. The van der Waals surface area contributed by atoms with Crippen LogP contribution in [-0.2, 0) is 4.74 Å². The fourth-order valence-corrected chi connectivity index (χ4v) is 4.22. The number of quaternary nitrogens is 2. The minimum absolute atomic E-state index is 0.495. The van der Waals surface area contributed by atoms with Gasteiger partial charge in [0.25, 0.3) is 0 Å². The minimum Gasteiger partial charge on any atom is -0.483 e. The molecule has 180 valence electrons. The van der Waals surface area contributed by atoms with E-state index in [0.29, 0.717) is 18.2 Å². The summed E-state index contributed by atoms with van der Waals surface area (Å²) in [6.45, 7) is 8.13. The Balaban J connectivity index is 1.56. The standard InChI is InChI=1S/C29H32N4O2/c1-5-25-26(6-2)35-28(31-25)16-15-22-14-13-21(29(22)33-18-17-23(20-33)32(3)4)10-9-19-34-27-12-8-7-11-24(27)30/h5-12,15-18,20,31H,1-2,13-14,19,30H2,3-4H3/p+2/b10-9+,22-15+,28-16-. The molecule has 0 aromatic heterocycles. The Morgan fingerprint density at radius 2 is 2.00 bits per heavy atom. The van der Waals surface area contributed by atoms with Crippen molar-refractivity contribution in [2.24, 2.45) is 0 Å². The van der Waals surface area contributed by atoms with Crippen LogP contribution in [0.3, 0.4) is 0 Å². The van der Waals surface area contributed by atoms with Crippen molar-refractivity contribution in [2.75, 3.05) is 20.7 Å². The van der Waals surface area contributed by atoms with E-state index in [4.69, 9.17) is 9.47 Å². The molecular formula is C29H34N4O2+2. The molecule has 3 aliphatic rings. The molecule has 1 unspecified atom stereocenters. The molecular weight excluding hydrogens is 436 g/mol. The first-order valence-electron chi connectivity index (χ1n) is 11.7. The maximum Gasteiger partial charge on any atom is 0.198 e. The fraction of sp³-hybridized carbons (Fsp3) is 0.172. The van der Waals surface area contributed by atoms with E-state index < -0.39 is 0 Å². The monoisotopic (exact) mass is 470 g/mol. The largest absolute Gasteiger partial charge is 0.483 e. The topological polar surface area (TPSA) is 65.8 Å². The van der Waals surface area contributed by atoms with Gasteiger partial charge in [-0.2, -0.15) is 0 Å². The molecule has 0 saturated heterocycles. The second kappa shape index (κ2) is 11.0. The summed E-state index contributed by atoms with van der Waals surface area (Å²) >= 11 is 0. The average molecular weight is 471 g/mol. The molecule has 0 saturated carbocycles. The third kappa shape index (κ3) is 5.57. The van der Waals surface area contributed by atoms with Crippen molar-refractivity contribution in [3.63, 3.8) is 0 Å². The summed E-state index contributed by atoms with van der Waals surface area (Å²) in [4.78, 5) is 3.34. The highest BCUT2D eigenvalue weighted by Crippen LogP contribution is 2.30. The molecule has 5 N–H and O–H groups in total. The van der Waals surface area contributed by atoms with Crippen LogP contribution in [0.25, 0.3) is 0 Å². The third-order valence-electron chi connectivity index (χ3n) is 6.04. The lowest BCUT2D eigenvalue weighted by Crippen LogP contribution is -3.00. The quantitative estimate of drug-likeness (QED) is 0.518. The molecule has 1 aromatic carbocycles. The van der Waals surface area contributed by atoms with E-state index in [9.17, 15) is 0 Å². The summed E-state index contributed by atoms with van der Waals surface area (Å²) in [6, 6.07) is 7.82. The van der Waals surface area contributed by atoms with Crippen LogP contribution in [0.5, 0.6) is 5.75 Å². The van der Waals surface area contributed by atoms with E-state index in [1.165, 1.54) is 27.4 Å². The summed E-state index contributed by atoms with van der Waals surface area (Å²) in [5.41, 5.74) is 10.8. The molecule has 4 rings (SSSR count). The summed E-state index contributed by atoms with van der Waals surface area (Å²) in [5, 5.41) is 3.24. The molecule has 1 atom stereocenters. The zero-order valence-corrected chi connectivity index (χ0v) is 20.5. The molecule has 0 bridgehead atoms. The maximum atomic E-state index is 5.91. The number of hydrogen-bond acceptors (Lipinski definition) is 4. The van der Waals surface area contributed by atoms with E-state index >= 15 is 0 Å². The predicted octanol–water partition coefficient (Wildman–Crippen LogP) is 3.33. The first-order valence-corrected chi connectivity index (χ1v) is 11.7. The van der Waals surface area contributed by atoms with Crippen LogP contribution in [0.15, 0.2) is 132 Å². The van der Waals surface area contributed by atoms with Crippen molar-refractivity contribution < 1.29 is 20.1 Å². The Kier molecular flexibility index (Phi) is 7.55. The zero-order chi connectivity index (χ0) is 24.8. The molecule has 6 nitrogen and oxygen atoms in total. The minimum atomic E-state index is 0.495. The maximum absolute atomic E-state index is 5.91. The molecule has 2 aliphatic heterocycles. The van der Waals surface area contributed by atoms with Crippen LogP contribution in [-0.4, -0.2) is 25.6 Å². The van der Waals surface area contributed by atoms with Crippen LogP contribution in [0.1, 0.15) is 12.8 Å². The van der Waals surface area contributed by atoms with E-state index in [0.717, 1.165) is 30.0 Å². The zero-order valence-electron chi connectivity index (χ0n) is 20.5. The number of rotatable bonds is 9. The Hall–Kier alpha value is -4.00. The number of likely N-dealkylation sites (N-methyl/N-ethyl adjacent to an activating group) is 1. The highest BCUT2D eigenvalue weighted by atomic mass is 16.5. The lowest BCUT2D eigenvalue weighted by atomic mass is 10.1. The molecule has 0 fully saturated rings. The number of para-hydroxylation sites is 1. The van der Waals surface area contributed by atoms with Gasteiger partial charge in [0, 0.05) is 37.4 Å². The van der Waals surface area contributed by atoms with Crippen LogP contribution >= 0.6 is 0 Å². The summed E-state index contributed by atoms with van der Waals surface area (Å²) in [5.74, 6) is 2.17. The van der Waals surface area contributed by atoms with E-state index in [1.54, 1.807) is 12.2 Å². The smallest absolute Gasteiger partial charge is 0.198 e. The Morgan fingerprint density at radius 3 is 2.69 bits per heavy atom. The van der Waals surface area contributed by atoms with Gasteiger partial charge in [0.1, 0.15) is 24.7 Å². The number of hydrogen-bond donors (Lipinski definition) is 3. The van der Waals surface area contributed by atoms with Gasteiger partial charge in [-0.05, 0) is 49.3 Å². The van der Waals surface area contributed by atoms with Gasteiger partial charge in [-0.25, -0.2) is 4.90 Å². The summed E-state index contributed by atoms with van der Waals surface area (Å²) in [7, 11) is 4.12. The predicted molar refractivity (Wildman–Crippen MR) is 140 cm³/mol. The van der Waals surface area contributed by atoms with Crippen LogP contribution in [0, 0.1) is 0 Å². The molecule has 35 heavy (non-hydrogen) atoms. The van der Waals surface area contributed by atoms with Gasteiger partial charge >= 0.3 is 0 Å². The highest BCUT2D eigenvalue weighted by molar-refractivity contribution is 5.46. The van der Waals surface area contributed by atoms with Crippen LogP contribution in [0.2, 0.25) is 0 Å². The van der Waals surface area contributed by atoms with Gasteiger partial charge < -0.3 is 25.4 Å². The Morgan fingerprint density at radius 1 is 1.17 bits per heavy atom. The third-order valence-corrected chi connectivity index (χ3v) is 6.04. The van der Waals surface area contributed by atoms with Gasteiger partial charge in [0.05, 0.1) is 11.4 Å². The van der Waals surface area contributed by atoms with Gasteiger partial charge in [-0.15, -0.1) is 0 Å². The van der Waals surface area contributed by atoms with Gasteiger partial charge in [-0.3, -0.25) is 0 Å². The fourth-order valence-electron chi connectivity index (χ4n) is 4.22. The SMILES string of the molecule is C=CC1=C(C=C)O/C(=C\C=C2/CCC(/C=C/COc3ccccc3[NH3+])=C2[NH+]2C=CC(N(C)C)=C2)N1. The van der Waals surface area contributed by atoms with Gasteiger partial charge in [0.15, 0.2) is 23.1 Å². The van der Waals surface area contributed by atoms with Crippen molar-refractivity contribution in [1.82, 2.24) is 10.2 Å². The molecule has 2 heterocycles. The van der Waals surface area contributed by atoms with Crippen LogP contribution in [0.4, 0.5) is 5.69 Å². The Labute approximate surface area is 207 Å². The van der Waals surface area contributed by atoms with E-state index in [2.05, 4.69) is 79.9 Å². The second-order valence-electron chi connectivity index (χ2n) is 8.61. The summed E-state index contributed by atoms with van der Waals surface area (Å²) < 4.78 is 11.8. The van der Waals surface area contributed by atoms with E-state index in [-0.39, 0.29) is 0 Å². The molecule has 0 radical (unpaired) electrons. The average Bonchev–Trinajstić information content (AvgIpc) is 3.59. The van der Waals surface area contributed by atoms with E-state index in [1.807, 2.05) is 30.3 Å². The normalized spacial score (nSPS) is 21.7. The van der Waals surface area contributed by atoms with Crippen molar-refractivity contribution >= 4 is 5.69 Å². The lowest BCUT2D eigenvalue weighted by Gasteiger charge is -2.13. The number of nitrogens with zero attached hydrogens (tertiary/aromatic N) is 1. The number of nitrogens with one attached hydrogen (secondary N) is 2. The Bertz CT molecular complexity index is 1200. The first-order chi connectivity index (χ1) is 17.0. The van der Waals surface area contributed by atoms with Gasteiger partial charge in [0.2, 0.25) is 0 Å². The molecule has 6 heteroatoms. The van der Waals surface area contributed by atoms with Gasteiger partial charge in [-0.1, -0.05) is 31.4 Å². The first kappa shape index (κ1) is 24.1.